The number of carbonyl (C=O) groups excluding carboxylic acids is 1. The molecule has 0 fully saturated rings. The normalized spacial score (nSPS) is 11.2. The molecule has 0 aliphatic rings. The molecule has 8 heteroatoms. The number of aromatic nitrogens is 1. The zero-order chi connectivity index (χ0) is 18.2. The Morgan fingerprint density at radius 3 is 2.32 bits per heavy atom. The van der Waals surface area contributed by atoms with Crippen molar-refractivity contribution in [1.82, 2.24) is 4.98 Å². The van der Waals surface area contributed by atoms with Crippen molar-refractivity contribution in [2.45, 2.75) is 12.5 Å². The van der Waals surface area contributed by atoms with Crippen molar-refractivity contribution in [3.63, 3.8) is 0 Å². The fourth-order valence-electron chi connectivity index (χ4n) is 2.39. The number of anilines is 1. The summed E-state index contributed by atoms with van der Waals surface area (Å²) in [6, 6.07) is 16.8. The van der Waals surface area contributed by atoms with Gasteiger partial charge < -0.3 is 16.0 Å². The number of para-hydroxylation sites is 2. The molecule has 0 radical (unpaired) electrons. The molecule has 0 saturated heterocycles. The van der Waals surface area contributed by atoms with Crippen molar-refractivity contribution in [3.05, 3.63) is 66.4 Å². The molecule has 130 valence electrons. The van der Waals surface area contributed by atoms with Crippen LogP contribution in [0.4, 0.5) is 5.69 Å². The van der Waals surface area contributed by atoms with Crippen LogP contribution < -0.4 is 11.1 Å². The largest absolute Gasteiger partial charge is 0.425 e. The Morgan fingerprint density at radius 1 is 1.04 bits per heavy atom. The molecular formula is C17H17N3O4S. The van der Waals surface area contributed by atoms with E-state index in [0.717, 1.165) is 22.2 Å². The molecule has 4 N–H and O–H groups in total. The number of amides is 1. The number of H-pyrrole nitrogens is 1. The van der Waals surface area contributed by atoms with Crippen molar-refractivity contribution in [1.29, 1.82) is 0 Å². The van der Waals surface area contributed by atoms with Crippen LogP contribution in [-0.4, -0.2) is 29.6 Å². The standard InChI is InChI=1S/C17H17N3O.O3S/c18-15(17(21)20-13-6-2-1-3-7-13)10-12-11-19-16-9-5-4-8-14(12)16;1-4(2)3/h1-9,11,15,19H,10,18H2,(H,20,21);/t15-;/m0./s1. The quantitative estimate of drug-likeness (QED) is 0.654. The third-order valence-electron chi connectivity index (χ3n) is 3.49. The topological polar surface area (TPSA) is 122 Å². The van der Waals surface area contributed by atoms with Gasteiger partial charge in [-0.05, 0) is 30.2 Å². The Hall–Kier alpha value is -2.97. The summed E-state index contributed by atoms with van der Waals surface area (Å²) in [7, 11) is -3.11. The SMILES string of the molecule is N[C@@H](Cc1c[nH]c2ccccc12)C(=O)Nc1ccccc1.O=S(=O)=O. The van der Waals surface area contributed by atoms with E-state index in [0.29, 0.717) is 6.42 Å². The lowest BCUT2D eigenvalue weighted by Gasteiger charge is -2.11. The van der Waals surface area contributed by atoms with Gasteiger partial charge in [-0.25, -0.2) is 0 Å². The summed E-state index contributed by atoms with van der Waals surface area (Å²) in [5.41, 5.74) is 8.90. The molecule has 7 nitrogen and oxygen atoms in total. The van der Waals surface area contributed by atoms with E-state index in [4.69, 9.17) is 18.4 Å². The first-order chi connectivity index (χ1) is 12.0. The maximum atomic E-state index is 12.1. The summed E-state index contributed by atoms with van der Waals surface area (Å²) in [6.07, 6.45) is 2.42. The summed E-state index contributed by atoms with van der Waals surface area (Å²) < 4.78 is 25.3. The van der Waals surface area contributed by atoms with Crippen molar-refractivity contribution < 1.29 is 17.4 Å². The molecular weight excluding hydrogens is 342 g/mol. The molecule has 0 unspecified atom stereocenters. The highest BCUT2D eigenvalue weighted by atomic mass is 32.2. The molecule has 25 heavy (non-hydrogen) atoms. The minimum absolute atomic E-state index is 0.175. The number of hydrogen-bond acceptors (Lipinski definition) is 5. The van der Waals surface area contributed by atoms with Crippen molar-refractivity contribution in [3.8, 4) is 0 Å². The van der Waals surface area contributed by atoms with Crippen molar-refractivity contribution in [2.24, 2.45) is 5.73 Å². The van der Waals surface area contributed by atoms with Gasteiger partial charge in [0.15, 0.2) is 0 Å². The fourth-order valence-corrected chi connectivity index (χ4v) is 2.39. The molecule has 3 rings (SSSR count). The van der Waals surface area contributed by atoms with E-state index in [1.54, 1.807) is 0 Å². The lowest BCUT2D eigenvalue weighted by atomic mass is 10.1. The van der Waals surface area contributed by atoms with Crippen LogP contribution in [0.5, 0.6) is 0 Å². The lowest BCUT2D eigenvalue weighted by molar-refractivity contribution is -0.117. The van der Waals surface area contributed by atoms with Crippen LogP contribution in [0.2, 0.25) is 0 Å². The summed E-state index contributed by atoms with van der Waals surface area (Å²) in [4.78, 5) is 15.3. The van der Waals surface area contributed by atoms with E-state index in [1.165, 1.54) is 0 Å². The van der Waals surface area contributed by atoms with E-state index in [1.807, 2.05) is 60.8 Å². The zero-order valence-electron chi connectivity index (χ0n) is 13.2. The van der Waals surface area contributed by atoms with Gasteiger partial charge in [0.25, 0.3) is 0 Å². The van der Waals surface area contributed by atoms with Gasteiger partial charge in [0.2, 0.25) is 5.91 Å². The average molecular weight is 359 g/mol. The Kier molecular flexibility index (Phi) is 6.44. The minimum atomic E-state index is -3.11. The number of nitrogens with two attached hydrogens (primary N) is 1. The van der Waals surface area contributed by atoms with Gasteiger partial charge in [-0.1, -0.05) is 36.4 Å². The third kappa shape index (κ3) is 5.55. The zero-order valence-corrected chi connectivity index (χ0v) is 14.0. The van der Waals surface area contributed by atoms with Crippen LogP contribution in [0.25, 0.3) is 10.9 Å². The van der Waals surface area contributed by atoms with Crippen molar-refractivity contribution >= 4 is 33.1 Å². The van der Waals surface area contributed by atoms with E-state index >= 15 is 0 Å². The molecule has 1 amide bonds. The van der Waals surface area contributed by atoms with Gasteiger partial charge in [-0.2, -0.15) is 0 Å². The van der Waals surface area contributed by atoms with Gasteiger partial charge in [0, 0.05) is 22.8 Å². The predicted molar refractivity (Wildman–Crippen MR) is 94.7 cm³/mol. The first kappa shape index (κ1) is 18.4. The monoisotopic (exact) mass is 359 g/mol. The Bertz CT molecular complexity index is 946. The van der Waals surface area contributed by atoms with E-state index in [2.05, 4.69) is 10.3 Å². The number of benzene rings is 2. The Morgan fingerprint density at radius 2 is 1.64 bits per heavy atom. The highest BCUT2D eigenvalue weighted by Crippen LogP contribution is 2.19. The number of rotatable bonds is 4. The van der Waals surface area contributed by atoms with Crippen LogP contribution in [-0.2, 0) is 21.8 Å². The van der Waals surface area contributed by atoms with E-state index in [9.17, 15) is 4.79 Å². The smallest absolute Gasteiger partial charge is 0.361 e. The Labute approximate surface area is 145 Å². The second-order valence-corrected chi connectivity index (χ2v) is 5.64. The summed E-state index contributed by atoms with van der Waals surface area (Å²) in [5, 5.41) is 3.94. The average Bonchev–Trinajstić information content (AvgIpc) is 2.98. The minimum Gasteiger partial charge on any atom is -0.361 e. The van der Waals surface area contributed by atoms with Gasteiger partial charge in [-0.15, -0.1) is 12.6 Å². The molecule has 2 aromatic carbocycles. The van der Waals surface area contributed by atoms with Gasteiger partial charge in [0.05, 0.1) is 6.04 Å². The predicted octanol–water partition coefficient (Wildman–Crippen LogP) is 1.67. The van der Waals surface area contributed by atoms with Crippen LogP contribution in [0.15, 0.2) is 60.8 Å². The number of nitrogens with one attached hydrogen (secondary N) is 2. The molecule has 1 atom stereocenters. The van der Waals surface area contributed by atoms with Gasteiger partial charge >= 0.3 is 10.6 Å². The molecule has 0 bridgehead atoms. The highest BCUT2D eigenvalue weighted by molar-refractivity contribution is 7.59. The van der Waals surface area contributed by atoms with Crippen LogP contribution in [0.3, 0.4) is 0 Å². The first-order valence-electron chi connectivity index (χ1n) is 7.40. The van der Waals surface area contributed by atoms with E-state index in [-0.39, 0.29) is 5.91 Å². The molecule has 0 spiro atoms. The third-order valence-corrected chi connectivity index (χ3v) is 3.49. The number of fused-ring (bicyclic) bond motifs is 1. The number of aromatic amines is 1. The summed E-state index contributed by atoms with van der Waals surface area (Å²) in [6.45, 7) is 0. The van der Waals surface area contributed by atoms with E-state index < -0.39 is 16.7 Å². The maximum absolute atomic E-state index is 12.1. The van der Waals surface area contributed by atoms with Gasteiger partial charge in [-0.3, -0.25) is 4.79 Å². The van der Waals surface area contributed by atoms with Crippen LogP contribution in [0.1, 0.15) is 5.56 Å². The second kappa shape index (κ2) is 8.76. The van der Waals surface area contributed by atoms with Crippen LogP contribution in [0, 0.1) is 0 Å². The molecule has 0 saturated carbocycles. The fraction of sp³-hybridized carbons (Fsp3) is 0.118. The summed E-state index contributed by atoms with van der Waals surface area (Å²) >= 11 is 0. The molecule has 0 aliphatic carbocycles. The first-order valence-corrected chi connectivity index (χ1v) is 8.40. The lowest BCUT2D eigenvalue weighted by Crippen LogP contribution is -2.37. The van der Waals surface area contributed by atoms with Crippen molar-refractivity contribution in [2.75, 3.05) is 5.32 Å². The molecule has 1 heterocycles. The van der Waals surface area contributed by atoms with Crippen LogP contribution >= 0.6 is 0 Å². The summed E-state index contributed by atoms with van der Waals surface area (Å²) in [5.74, 6) is -0.175. The Balaban J connectivity index is 0.000000511. The molecule has 3 aromatic rings. The maximum Gasteiger partial charge on any atom is 0.425 e. The molecule has 0 aliphatic heterocycles. The number of hydrogen-bond donors (Lipinski definition) is 3. The molecule has 1 aromatic heterocycles. The van der Waals surface area contributed by atoms with Gasteiger partial charge in [0.1, 0.15) is 0 Å². The second-order valence-electron chi connectivity index (χ2n) is 5.23. The number of carbonyl (C=O) groups is 1. The highest BCUT2D eigenvalue weighted by Gasteiger charge is 2.16.